The summed E-state index contributed by atoms with van der Waals surface area (Å²) in [5.74, 6) is 0. The van der Waals surface area contributed by atoms with E-state index in [0.717, 1.165) is 39.5 Å². The van der Waals surface area contributed by atoms with Crippen molar-refractivity contribution in [3.8, 4) is 78.4 Å². The maximum absolute atomic E-state index is 5.13. The molecule has 0 spiro atoms. The smallest absolute Gasteiger partial charge is 0.0934 e. The highest BCUT2D eigenvalue weighted by Crippen LogP contribution is 2.41. The minimum atomic E-state index is 0.944. The van der Waals surface area contributed by atoms with Gasteiger partial charge in [0.05, 0.1) is 28.1 Å². The fourth-order valence-electron chi connectivity index (χ4n) is 9.55. The van der Waals surface area contributed by atoms with Crippen LogP contribution in [0.4, 0.5) is 0 Å². The van der Waals surface area contributed by atoms with Crippen LogP contribution < -0.4 is 0 Å². The molecule has 10 aromatic carbocycles. The molecule has 0 saturated carbocycles. The SMILES string of the molecule is c1ccc(-c2cc(-c3ccccc3)n(-c3ccc(-c4ccccc4-c4ccccc4-c4ccc(-n5c6ccccc6c6cc(-c7cccc8ccccc78)ccc65)cc4)cc3)n2)cc1. The molecule has 12 aromatic rings. The normalized spacial score (nSPS) is 11.4. The van der Waals surface area contributed by atoms with Crippen LogP contribution in [-0.4, -0.2) is 14.3 Å². The highest BCUT2D eigenvalue weighted by molar-refractivity contribution is 6.11. The van der Waals surface area contributed by atoms with Crippen molar-refractivity contribution < 1.29 is 0 Å². The number of hydrogen-bond acceptors (Lipinski definition) is 1. The molecule has 0 aliphatic rings. The Morgan fingerprint density at radius 1 is 0.281 bits per heavy atom. The summed E-state index contributed by atoms with van der Waals surface area (Å²) in [6.45, 7) is 0. The van der Waals surface area contributed by atoms with E-state index in [2.05, 4.69) is 252 Å². The summed E-state index contributed by atoms with van der Waals surface area (Å²) in [4.78, 5) is 0. The average Bonchev–Trinajstić information content (AvgIpc) is 3.97. The summed E-state index contributed by atoms with van der Waals surface area (Å²) >= 11 is 0. The van der Waals surface area contributed by atoms with Gasteiger partial charge in [0.25, 0.3) is 0 Å². The molecule has 0 bridgehead atoms. The number of rotatable bonds is 8. The van der Waals surface area contributed by atoms with Gasteiger partial charge < -0.3 is 4.57 Å². The standard InChI is InChI=1S/C61H41N3/c1-3-17-45(18-4-1)58-41-61(46-19-5-2-6-20-46)64(62-58)49-37-32-44(33-38-49)52-24-10-12-26-55(52)54-25-11-9-23-51(54)43-30-35-48(36-31-43)63-59-29-14-13-27-56(59)57-40-47(34-39-60(57)63)53-28-15-21-42-16-7-8-22-50(42)53/h1-41H. The van der Waals surface area contributed by atoms with E-state index in [1.807, 2.05) is 6.07 Å². The number of benzene rings is 10. The van der Waals surface area contributed by atoms with Gasteiger partial charge in [-0.05, 0) is 104 Å². The van der Waals surface area contributed by atoms with Gasteiger partial charge in [-0.25, -0.2) is 4.68 Å². The summed E-state index contributed by atoms with van der Waals surface area (Å²) in [7, 11) is 0. The van der Waals surface area contributed by atoms with E-state index in [9.17, 15) is 0 Å². The zero-order valence-electron chi connectivity index (χ0n) is 35.0. The van der Waals surface area contributed by atoms with Gasteiger partial charge in [0, 0.05) is 27.6 Å². The predicted molar refractivity (Wildman–Crippen MR) is 268 cm³/mol. The molecule has 3 nitrogen and oxygen atoms in total. The number of aromatic nitrogens is 3. The van der Waals surface area contributed by atoms with E-state index >= 15 is 0 Å². The lowest BCUT2D eigenvalue weighted by molar-refractivity contribution is 0.892. The van der Waals surface area contributed by atoms with Crippen LogP contribution >= 0.6 is 0 Å². The van der Waals surface area contributed by atoms with Crippen molar-refractivity contribution in [2.75, 3.05) is 0 Å². The minimum absolute atomic E-state index is 0.944. The van der Waals surface area contributed by atoms with Crippen molar-refractivity contribution in [3.63, 3.8) is 0 Å². The maximum atomic E-state index is 5.13. The second-order valence-electron chi connectivity index (χ2n) is 16.4. The molecule has 2 aromatic heterocycles. The highest BCUT2D eigenvalue weighted by atomic mass is 15.3. The van der Waals surface area contributed by atoms with Crippen molar-refractivity contribution in [2.24, 2.45) is 0 Å². The number of fused-ring (bicyclic) bond motifs is 4. The molecule has 0 aliphatic carbocycles. The lowest BCUT2D eigenvalue weighted by atomic mass is 9.89. The van der Waals surface area contributed by atoms with Crippen molar-refractivity contribution in [1.82, 2.24) is 14.3 Å². The second kappa shape index (κ2) is 15.7. The molecule has 0 atom stereocenters. The fraction of sp³-hybridized carbons (Fsp3) is 0. The molecular formula is C61H41N3. The van der Waals surface area contributed by atoms with Crippen molar-refractivity contribution in [1.29, 1.82) is 0 Å². The van der Waals surface area contributed by atoms with E-state index < -0.39 is 0 Å². The number of para-hydroxylation sites is 1. The summed E-state index contributed by atoms with van der Waals surface area (Å²) in [6, 6.07) is 89.4. The molecule has 0 fully saturated rings. The van der Waals surface area contributed by atoms with E-state index in [-0.39, 0.29) is 0 Å². The summed E-state index contributed by atoms with van der Waals surface area (Å²) in [5, 5.41) is 10.1. The Morgan fingerprint density at radius 3 is 1.47 bits per heavy atom. The molecule has 0 amide bonds. The topological polar surface area (TPSA) is 22.8 Å². The third kappa shape index (κ3) is 6.50. The Balaban J connectivity index is 0.893. The van der Waals surface area contributed by atoms with Crippen LogP contribution in [0.1, 0.15) is 0 Å². The first-order valence-electron chi connectivity index (χ1n) is 21.9. The third-order valence-electron chi connectivity index (χ3n) is 12.6. The van der Waals surface area contributed by atoms with Crippen LogP contribution in [0.15, 0.2) is 249 Å². The Labute approximate surface area is 372 Å². The zero-order chi connectivity index (χ0) is 42.4. The number of nitrogens with zero attached hydrogens (tertiary/aromatic N) is 3. The highest BCUT2D eigenvalue weighted by Gasteiger charge is 2.18. The molecule has 64 heavy (non-hydrogen) atoms. The second-order valence-corrected chi connectivity index (χ2v) is 16.4. The van der Waals surface area contributed by atoms with Gasteiger partial charge in [-0.15, -0.1) is 0 Å². The lowest BCUT2D eigenvalue weighted by Gasteiger charge is -2.16. The van der Waals surface area contributed by atoms with Gasteiger partial charge in [-0.2, -0.15) is 5.10 Å². The van der Waals surface area contributed by atoms with E-state index in [4.69, 9.17) is 5.10 Å². The monoisotopic (exact) mass is 815 g/mol. The largest absolute Gasteiger partial charge is 0.309 e. The molecule has 12 rings (SSSR count). The molecule has 0 saturated heterocycles. The quantitative estimate of drug-likeness (QED) is 0.150. The van der Waals surface area contributed by atoms with Crippen molar-refractivity contribution in [3.05, 3.63) is 249 Å². The lowest BCUT2D eigenvalue weighted by Crippen LogP contribution is -1.99. The Bertz CT molecular complexity index is 3630. The van der Waals surface area contributed by atoms with E-state index in [1.165, 1.54) is 71.5 Å². The summed E-state index contributed by atoms with van der Waals surface area (Å²) in [6.07, 6.45) is 0. The van der Waals surface area contributed by atoms with Crippen LogP contribution in [0.25, 0.3) is 111 Å². The Morgan fingerprint density at radius 2 is 0.781 bits per heavy atom. The first kappa shape index (κ1) is 37.2. The predicted octanol–water partition coefficient (Wildman–Crippen LogP) is 16.1. The van der Waals surface area contributed by atoms with Crippen molar-refractivity contribution in [2.45, 2.75) is 0 Å². The van der Waals surface area contributed by atoms with Gasteiger partial charge in [0.1, 0.15) is 0 Å². The molecule has 2 heterocycles. The summed E-state index contributed by atoms with van der Waals surface area (Å²) in [5.41, 5.74) is 18.3. The molecule has 3 heteroatoms. The molecular weight excluding hydrogens is 775 g/mol. The van der Waals surface area contributed by atoms with Gasteiger partial charge >= 0.3 is 0 Å². The fourth-order valence-corrected chi connectivity index (χ4v) is 9.55. The van der Waals surface area contributed by atoms with Crippen LogP contribution in [0.3, 0.4) is 0 Å². The van der Waals surface area contributed by atoms with Gasteiger partial charge in [0.2, 0.25) is 0 Å². The average molecular weight is 816 g/mol. The van der Waals surface area contributed by atoms with E-state index in [0.29, 0.717) is 0 Å². The van der Waals surface area contributed by atoms with E-state index in [1.54, 1.807) is 0 Å². The van der Waals surface area contributed by atoms with Gasteiger partial charge in [-0.3, -0.25) is 0 Å². The molecule has 300 valence electrons. The van der Waals surface area contributed by atoms with Crippen molar-refractivity contribution >= 4 is 32.6 Å². The molecule has 0 N–H and O–H groups in total. The van der Waals surface area contributed by atoms with Crippen LogP contribution in [-0.2, 0) is 0 Å². The maximum Gasteiger partial charge on any atom is 0.0934 e. The van der Waals surface area contributed by atoms with Gasteiger partial charge in [0.15, 0.2) is 0 Å². The first-order valence-corrected chi connectivity index (χ1v) is 21.9. The molecule has 0 radical (unpaired) electrons. The zero-order valence-corrected chi connectivity index (χ0v) is 35.0. The Kier molecular flexibility index (Phi) is 9.16. The third-order valence-corrected chi connectivity index (χ3v) is 12.6. The summed E-state index contributed by atoms with van der Waals surface area (Å²) < 4.78 is 4.47. The Hall–Kier alpha value is -8.53. The van der Waals surface area contributed by atoms with Crippen LogP contribution in [0, 0.1) is 0 Å². The molecule has 0 aliphatic heterocycles. The number of hydrogen-bond donors (Lipinski definition) is 0. The first-order chi connectivity index (χ1) is 31.7. The van der Waals surface area contributed by atoms with Crippen LogP contribution in [0.2, 0.25) is 0 Å². The molecule has 0 unspecified atom stereocenters. The van der Waals surface area contributed by atoms with Crippen LogP contribution in [0.5, 0.6) is 0 Å². The minimum Gasteiger partial charge on any atom is -0.309 e. The van der Waals surface area contributed by atoms with Gasteiger partial charge in [-0.1, -0.05) is 200 Å².